The molecule has 0 aliphatic heterocycles. The summed E-state index contributed by atoms with van der Waals surface area (Å²) < 4.78 is 10.8. The second kappa shape index (κ2) is 7.18. The van der Waals surface area contributed by atoms with Gasteiger partial charge in [-0.3, -0.25) is 0 Å². The minimum atomic E-state index is -1.04. The van der Waals surface area contributed by atoms with Gasteiger partial charge >= 0.3 is 5.97 Å². The summed E-state index contributed by atoms with van der Waals surface area (Å²) in [5.74, 6) is 0.0600. The maximum Gasteiger partial charge on any atom is 0.345 e. The fourth-order valence-corrected chi connectivity index (χ4v) is 2.26. The van der Waals surface area contributed by atoms with Gasteiger partial charge < -0.3 is 14.6 Å². The number of rotatable bonds is 6. The summed E-state index contributed by atoms with van der Waals surface area (Å²) in [7, 11) is 1.53. The van der Waals surface area contributed by atoms with Crippen LogP contribution in [0.25, 0.3) is 0 Å². The smallest absolute Gasteiger partial charge is 0.345 e. The highest BCUT2D eigenvalue weighted by Crippen LogP contribution is 2.25. The molecule has 4 nitrogen and oxygen atoms in total. The highest BCUT2D eigenvalue weighted by Gasteiger charge is 2.22. The van der Waals surface area contributed by atoms with E-state index in [0.717, 1.165) is 5.56 Å². The summed E-state index contributed by atoms with van der Waals surface area (Å²) in [5, 5.41) is 9.91. The topological polar surface area (TPSA) is 55.8 Å². The Balaban J connectivity index is 2.20. The minimum absolute atomic E-state index is 0.160. The highest BCUT2D eigenvalue weighted by molar-refractivity contribution is 6.30. The summed E-state index contributed by atoms with van der Waals surface area (Å²) in [6, 6.07) is 12.3. The largest absolute Gasteiger partial charge is 0.496 e. The van der Waals surface area contributed by atoms with Gasteiger partial charge in [-0.2, -0.15) is 0 Å². The van der Waals surface area contributed by atoms with E-state index >= 15 is 0 Å². The second-order valence-corrected chi connectivity index (χ2v) is 5.35. The summed E-state index contributed by atoms with van der Waals surface area (Å²) in [5.41, 5.74) is 1.77. The second-order valence-electron chi connectivity index (χ2n) is 4.92. The molecule has 0 aliphatic carbocycles. The maximum atomic E-state index is 11.5. The van der Waals surface area contributed by atoms with Crippen molar-refractivity contribution >= 4 is 17.6 Å². The summed E-state index contributed by atoms with van der Waals surface area (Å²) in [6.07, 6.45) is -0.859. The van der Waals surface area contributed by atoms with Gasteiger partial charge in [0.15, 0.2) is 6.10 Å². The Bertz CT molecular complexity index is 652. The molecule has 2 aromatic carbocycles. The first-order valence-electron chi connectivity index (χ1n) is 6.78. The number of benzene rings is 2. The van der Waals surface area contributed by atoms with E-state index in [4.69, 9.17) is 21.1 Å². The number of ether oxygens (including phenoxy) is 2. The Kier molecular flexibility index (Phi) is 5.28. The van der Waals surface area contributed by atoms with E-state index in [-0.39, 0.29) is 6.42 Å². The Morgan fingerprint density at radius 2 is 1.91 bits per heavy atom. The van der Waals surface area contributed by atoms with Crippen LogP contribution >= 0.6 is 11.6 Å². The van der Waals surface area contributed by atoms with E-state index < -0.39 is 12.1 Å². The average Bonchev–Trinajstić information content (AvgIpc) is 2.49. The Hall–Kier alpha value is -2.20. The zero-order valence-corrected chi connectivity index (χ0v) is 13.1. The summed E-state index contributed by atoms with van der Waals surface area (Å²) in [6.45, 7) is 1.95. The van der Waals surface area contributed by atoms with Crippen LogP contribution in [0.3, 0.4) is 0 Å². The normalized spacial score (nSPS) is 11.8. The van der Waals surface area contributed by atoms with Crippen LogP contribution in [0, 0.1) is 6.92 Å². The number of hydrogen-bond acceptors (Lipinski definition) is 3. The lowest BCUT2D eigenvalue weighted by atomic mass is 10.1. The lowest BCUT2D eigenvalue weighted by Gasteiger charge is -2.17. The van der Waals surface area contributed by atoms with Crippen molar-refractivity contribution in [3.63, 3.8) is 0 Å². The summed E-state index contributed by atoms with van der Waals surface area (Å²) >= 11 is 5.97. The van der Waals surface area contributed by atoms with Crippen molar-refractivity contribution in [3.05, 3.63) is 58.6 Å². The molecule has 0 fully saturated rings. The number of halogens is 1. The Morgan fingerprint density at radius 1 is 1.23 bits per heavy atom. The van der Waals surface area contributed by atoms with Crippen LogP contribution in [0.4, 0.5) is 0 Å². The fourth-order valence-electron chi connectivity index (χ4n) is 2.07. The van der Waals surface area contributed by atoms with E-state index in [1.54, 1.807) is 30.3 Å². The van der Waals surface area contributed by atoms with E-state index in [2.05, 4.69) is 0 Å². The zero-order valence-electron chi connectivity index (χ0n) is 12.4. The van der Waals surface area contributed by atoms with Crippen LogP contribution in [0.2, 0.25) is 5.02 Å². The standard InChI is InChI=1S/C17H17ClO4/c1-11-3-6-14(7-4-11)22-16(17(19)20)10-12-9-13(18)5-8-15(12)21-2/h3-9,16H,10H2,1-2H3,(H,19,20)/t16-/m0/s1. The number of methoxy groups -OCH3 is 1. The first-order chi connectivity index (χ1) is 10.5. The lowest BCUT2D eigenvalue weighted by molar-refractivity contribution is -0.145. The third kappa shape index (κ3) is 4.15. The monoisotopic (exact) mass is 320 g/mol. The molecule has 1 N–H and O–H groups in total. The minimum Gasteiger partial charge on any atom is -0.496 e. The van der Waals surface area contributed by atoms with Crippen LogP contribution in [0.5, 0.6) is 11.5 Å². The Labute approximate surface area is 134 Å². The van der Waals surface area contributed by atoms with Gasteiger partial charge in [-0.25, -0.2) is 4.79 Å². The molecule has 0 spiro atoms. The van der Waals surface area contributed by atoms with Gasteiger partial charge in [-0.05, 0) is 42.8 Å². The molecular weight excluding hydrogens is 304 g/mol. The van der Waals surface area contributed by atoms with Crippen LogP contribution in [0.1, 0.15) is 11.1 Å². The van der Waals surface area contributed by atoms with Crippen LogP contribution in [-0.2, 0) is 11.2 Å². The highest BCUT2D eigenvalue weighted by atomic mass is 35.5. The molecule has 0 bridgehead atoms. The van der Waals surface area contributed by atoms with E-state index in [1.807, 2.05) is 19.1 Å². The summed E-state index contributed by atoms with van der Waals surface area (Å²) in [4.78, 5) is 11.5. The predicted octanol–water partition coefficient (Wildman–Crippen LogP) is 3.73. The van der Waals surface area contributed by atoms with Crippen LogP contribution in [0.15, 0.2) is 42.5 Å². The number of aliphatic carboxylic acids is 1. The zero-order chi connectivity index (χ0) is 16.1. The number of carboxylic acids is 1. The molecule has 116 valence electrons. The molecule has 0 aliphatic rings. The van der Waals surface area contributed by atoms with E-state index in [1.165, 1.54) is 7.11 Å². The maximum absolute atomic E-state index is 11.5. The van der Waals surface area contributed by atoms with Gasteiger partial charge in [0, 0.05) is 11.4 Å². The van der Waals surface area contributed by atoms with Gasteiger partial charge in [0.1, 0.15) is 11.5 Å². The number of aryl methyl sites for hydroxylation is 1. The van der Waals surface area contributed by atoms with Crippen molar-refractivity contribution in [2.75, 3.05) is 7.11 Å². The third-order valence-corrected chi connectivity index (χ3v) is 3.46. The number of carboxylic acid groups (broad SMARTS) is 1. The van der Waals surface area contributed by atoms with Gasteiger partial charge in [0.2, 0.25) is 0 Å². The molecule has 0 amide bonds. The number of carbonyl (C=O) groups is 1. The van der Waals surface area contributed by atoms with Crippen molar-refractivity contribution in [2.24, 2.45) is 0 Å². The van der Waals surface area contributed by atoms with E-state index in [0.29, 0.717) is 22.1 Å². The van der Waals surface area contributed by atoms with Crippen molar-refractivity contribution < 1.29 is 19.4 Å². The molecular formula is C17H17ClO4. The van der Waals surface area contributed by atoms with Crippen LogP contribution < -0.4 is 9.47 Å². The molecule has 0 radical (unpaired) electrons. The SMILES string of the molecule is COc1ccc(Cl)cc1C[C@H](Oc1ccc(C)cc1)C(=O)O. The third-order valence-electron chi connectivity index (χ3n) is 3.22. The first-order valence-corrected chi connectivity index (χ1v) is 7.16. The molecule has 0 heterocycles. The van der Waals surface area contributed by atoms with Crippen molar-refractivity contribution in [2.45, 2.75) is 19.4 Å². The van der Waals surface area contributed by atoms with Crippen molar-refractivity contribution in [3.8, 4) is 11.5 Å². The molecule has 22 heavy (non-hydrogen) atoms. The predicted molar refractivity (Wildman–Crippen MR) is 84.9 cm³/mol. The molecule has 2 rings (SSSR count). The van der Waals surface area contributed by atoms with E-state index in [9.17, 15) is 9.90 Å². The molecule has 1 atom stereocenters. The molecule has 0 aromatic heterocycles. The molecule has 2 aromatic rings. The molecule has 0 unspecified atom stereocenters. The quantitative estimate of drug-likeness (QED) is 0.881. The Morgan fingerprint density at radius 3 is 2.50 bits per heavy atom. The lowest BCUT2D eigenvalue weighted by Crippen LogP contribution is -2.29. The van der Waals surface area contributed by atoms with Gasteiger partial charge in [0.05, 0.1) is 7.11 Å². The van der Waals surface area contributed by atoms with Crippen LogP contribution in [-0.4, -0.2) is 24.3 Å². The van der Waals surface area contributed by atoms with Gasteiger partial charge in [-0.15, -0.1) is 0 Å². The average molecular weight is 321 g/mol. The molecule has 5 heteroatoms. The van der Waals surface area contributed by atoms with Crippen molar-refractivity contribution in [1.29, 1.82) is 0 Å². The van der Waals surface area contributed by atoms with Gasteiger partial charge in [-0.1, -0.05) is 29.3 Å². The number of hydrogen-bond donors (Lipinski definition) is 1. The van der Waals surface area contributed by atoms with Crippen molar-refractivity contribution in [1.82, 2.24) is 0 Å². The fraction of sp³-hybridized carbons (Fsp3) is 0.235. The van der Waals surface area contributed by atoms with Gasteiger partial charge in [0.25, 0.3) is 0 Å². The first kappa shape index (κ1) is 16.2. The molecule has 0 saturated heterocycles. The molecule has 0 saturated carbocycles.